The summed E-state index contributed by atoms with van der Waals surface area (Å²) >= 11 is 0. The van der Waals surface area contributed by atoms with E-state index in [0.29, 0.717) is 6.54 Å². The van der Waals surface area contributed by atoms with E-state index in [2.05, 4.69) is 22.1 Å². The molecular weight excluding hydrogens is 360 g/mol. The average Bonchev–Trinajstić information content (AvgIpc) is 2.77. The van der Waals surface area contributed by atoms with Crippen molar-refractivity contribution in [2.24, 2.45) is 11.7 Å². The van der Waals surface area contributed by atoms with E-state index in [-0.39, 0.29) is 5.91 Å². The number of fused-ring (bicyclic) bond motifs is 1. The molecule has 2 aromatic carbocycles. The first-order chi connectivity index (χ1) is 14.1. The lowest BCUT2D eigenvalue weighted by atomic mass is 9.99. The van der Waals surface area contributed by atoms with Gasteiger partial charge in [0.2, 0.25) is 5.91 Å². The molecule has 0 radical (unpaired) electrons. The lowest BCUT2D eigenvalue weighted by molar-refractivity contribution is -0.122. The number of hydrogen-bond acceptors (Lipinski definition) is 4. The van der Waals surface area contributed by atoms with Crippen LogP contribution in [0.2, 0.25) is 0 Å². The van der Waals surface area contributed by atoms with Gasteiger partial charge in [-0.15, -0.1) is 0 Å². The van der Waals surface area contributed by atoms with Gasteiger partial charge in [0.15, 0.2) is 0 Å². The molecule has 3 N–H and O–H groups in total. The van der Waals surface area contributed by atoms with Crippen molar-refractivity contribution in [1.82, 2.24) is 10.3 Å². The van der Waals surface area contributed by atoms with Crippen molar-refractivity contribution in [2.75, 3.05) is 18.0 Å². The van der Waals surface area contributed by atoms with E-state index in [0.717, 1.165) is 46.7 Å². The Bertz CT molecular complexity index is 978. The Morgan fingerprint density at radius 3 is 2.62 bits per heavy atom. The van der Waals surface area contributed by atoms with Gasteiger partial charge in [0.05, 0.1) is 0 Å². The standard InChI is InChI=1S/C24H28N4O/c1-17-10-12-28(13-11-17)22-9-6-18(15-26-22)16-27-24(29)23(25)21-8-7-19-4-2-3-5-20(19)14-21/h2-9,14-15,17,23H,10-13,16,25H2,1H3,(H,27,29). The Hall–Kier alpha value is -2.92. The molecule has 0 bridgehead atoms. The summed E-state index contributed by atoms with van der Waals surface area (Å²) in [5.41, 5.74) is 7.98. The zero-order chi connectivity index (χ0) is 20.2. The molecule has 2 heterocycles. The summed E-state index contributed by atoms with van der Waals surface area (Å²) in [6, 6.07) is 17.3. The minimum atomic E-state index is -0.692. The normalized spacial score (nSPS) is 16.0. The first-order valence-corrected chi connectivity index (χ1v) is 10.3. The second-order valence-corrected chi connectivity index (χ2v) is 8.00. The highest BCUT2D eigenvalue weighted by Crippen LogP contribution is 2.22. The number of piperidine rings is 1. The van der Waals surface area contributed by atoms with Crippen LogP contribution in [0.5, 0.6) is 0 Å². The molecule has 1 atom stereocenters. The van der Waals surface area contributed by atoms with Crippen molar-refractivity contribution in [3.63, 3.8) is 0 Å². The highest BCUT2D eigenvalue weighted by Gasteiger charge is 2.18. The van der Waals surface area contributed by atoms with Crippen LogP contribution in [0.25, 0.3) is 10.8 Å². The number of nitrogens with zero attached hydrogens (tertiary/aromatic N) is 2. The fourth-order valence-corrected chi connectivity index (χ4v) is 3.80. The van der Waals surface area contributed by atoms with Crippen molar-refractivity contribution in [2.45, 2.75) is 32.4 Å². The molecule has 3 aromatic rings. The molecular formula is C24H28N4O. The van der Waals surface area contributed by atoms with E-state index in [4.69, 9.17) is 5.73 Å². The van der Waals surface area contributed by atoms with Crippen LogP contribution in [0.3, 0.4) is 0 Å². The van der Waals surface area contributed by atoms with Crippen LogP contribution >= 0.6 is 0 Å². The molecule has 0 spiro atoms. The predicted octanol–water partition coefficient (Wildman–Crippen LogP) is 3.79. The fraction of sp³-hybridized carbons (Fsp3) is 0.333. The molecule has 1 aromatic heterocycles. The number of aromatic nitrogens is 1. The van der Waals surface area contributed by atoms with Crippen LogP contribution in [-0.2, 0) is 11.3 Å². The first kappa shape index (κ1) is 19.4. The largest absolute Gasteiger partial charge is 0.357 e. The van der Waals surface area contributed by atoms with E-state index in [9.17, 15) is 4.79 Å². The van der Waals surface area contributed by atoms with Gasteiger partial charge in [-0.25, -0.2) is 4.98 Å². The van der Waals surface area contributed by atoms with Crippen molar-refractivity contribution < 1.29 is 4.79 Å². The Morgan fingerprint density at radius 2 is 1.90 bits per heavy atom. The van der Waals surface area contributed by atoms with Gasteiger partial charge in [0, 0.05) is 25.8 Å². The molecule has 150 valence electrons. The maximum absolute atomic E-state index is 12.5. The molecule has 1 unspecified atom stereocenters. The minimum Gasteiger partial charge on any atom is -0.357 e. The third-order valence-electron chi connectivity index (χ3n) is 5.80. The summed E-state index contributed by atoms with van der Waals surface area (Å²) in [5.74, 6) is 1.63. The van der Waals surface area contributed by atoms with E-state index < -0.39 is 6.04 Å². The summed E-state index contributed by atoms with van der Waals surface area (Å²) in [6.07, 6.45) is 4.27. The first-order valence-electron chi connectivity index (χ1n) is 10.3. The highest BCUT2D eigenvalue weighted by molar-refractivity contribution is 5.87. The Kier molecular flexibility index (Phi) is 5.76. The van der Waals surface area contributed by atoms with Gasteiger partial charge in [-0.2, -0.15) is 0 Å². The molecule has 4 rings (SSSR count). The van der Waals surface area contributed by atoms with Crippen molar-refractivity contribution in [1.29, 1.82) is 0 Å². The minimum absolute atomic E-state index is 0.186. The van der Waals surface area contributed by atoms with Crippen molar-refractivity contribution in [3.05, 3.63) is 71.9 Å². The molecule has 5 heteroatoms. The van der Waals surface area contributed by atoms with E-state index in [1.165, 1.54) is 12.8 Å². The number of amides is 1. The van der Waals surface area contributed by atoms with Crippen LogP contribution in [-0.4, -0.2) is 24.0 Å². The predicted molar refractivity (Wildman–Crippen MR) is 118 cm³/mol. The van der Waals surface area contributed by atoms with Gasteiger partial charge in [0.25, 0.3) is 0 Å². The van der Waals surface area contributed by atoms with Gasteiger partial charge in [-0.3, -0.25) is 4.79 Å². The Morgan fingerprint density at radius 1 is 1.14 bits per heavy atom. The lowest BCUT2D eigenvalue weighted by Crippen LogP contribution is -2.34. The van der Waals surface area contributed by atoms with Crippen LogP contribution in [0.4, 0.5) is 5.82 Å². The summed E-state index contributed by atoms with van der Waals surface area (Å²) in [6.45, 7) is 4.85. The number of anilines is 1. The number of rotatable bonds is 5. The van der Waals surface area contributed by atoms with E-state index in [1.54, 1.807) is 0 Å². The summed E-state index contributed by atoms with van der Waals surface area (Å²) < 4.78 is 0. The molecule has 0 aliphatic carbocycles. The number of nitrogens with two attached hydrogens (primary N) is 1. The average molecular weight is 389 g/mol. The van der Waals surface area contributed by atoms with Crippen molar-refractivity contribution in [3.8, 4) is 0 Å². The van der Waals surface area contributed by atoms with E-state index >= 15 is 0 Å². The number of hydrogen-bond donors (Lipinski definition) is 2. The fourth-order valence-electron chi connectivity index (χ4n) is 3.80. The Balaban J connectivity index is 1.34. The van der Waals surface area contributed by atoms with Gasteiger partial charge < -0.3 is 16.0 Å². The zero-order valence-electron chi connectivity index (χ0n) is 16.8. The van der Waals surface area contributed by atoms with Gasteiger partial charge in [-0.1, -0.05) is 49.4 Å². The summed E-state index contributed by atoms with van der Waals surface area (Å²) in [4.78, 5) is 19.5. The molecule has 1 aliphatic heterocycles. The number of carbonyl (C=O) groups is 1. The second-order valence-electron chi connectivity index (χ2n) is 8.00. The number of carbonyl (C=O) groups excluding carboxylic acids is 1. The smallest absolute Gasteiger partial charge is 0.241 e. The van der Waals surface area contributed by atoms with Gasteiger partial charge >= 0.3 is 0 Å². The van der Waals surface area contributed by atoms with Crippen LogP contribution < -0.4 is 16.0 Å². The van der Waals surface area contributed by atoms with Crippen LogP contribution in [0.1, 0.15) is 36.9 Å². The van der Waals surface area contributed by atoms with Crippen molar-refractivity contribution >= 4 is 22.5 Å². The maximum atomic E-state index is 12.5. The topological polar surface area (TPSA) is 71.2 Å². The molecule has 0 saturated carbocycles. The zero-order valence-corrected chi connectivity index (χ0v) is 16.8. The highest BCUT2D eigenvalue weighted by atomic mass is 16.2. The molecule has 1 saturated heterocycles. The van der Waals surface area contributed by atoms with Crippen LogP contribution in [0.15, 0.2) is 60.8 Å². The molecule has 5 nitrogen and oxygen atoms in total. The lowest BCUT2D eigenvalue weighted by Gasteiger charge is -2.31. The number of benzene rings is 2. The maximum Gasteiger partial charge on any atom is 0.241 e. The van der Waals surface area contributed by atoms with Crippen LogP contribution in [0, 0.1) is 5.92 Å². The quantitative estimate of drug-likeness (QED) is 0.698. The number of nitrogens with one attached hydrogen (secondary N) is 1. The third-order valence-corrected chi connectivity index (χ3v) is 5.80. The van der Waals surface area contributed by atoms with Gasteiger partial charge in [-0.05, 0) is 52.8 Å². The summed E-state index contributed by atoms with van der Waals surface area (Å²) in [7, 11) is 0. The molecule has 1 amide bonds. The SMILES string of the molecule is CC1CCN(c2ccc(CNC(=O)C(N)c3ccc4ccccc4c3)cn2)CC1. The molecule has 29 heavy (non-hydrogen) atoms. The number of pyridine rings is 1. The Labute approximate surface area is 171 Å². The summed E-state index contributed by atoms with van der Waals surface area (Å²) in [5, 5.41) is 5.15. The monoisotopic (exact) mass is 388 g/mol. The third kappa shape index (κ3) is 4.57. The van der Waals surface area contributed by atoms with Gasteiger partial charge in [0.1, 0.15) is 11.9 Å². The second kappa shape index (κ2) is 8.62. The molecule has 1 aliphatic rings. The molecule has 1 fully saturated rings. The van der Waals surface area contributed by atoms with E-state index in [1.807, 2.05) is 60.8 Å².